The maximum Gasteiger partial charge on any atom is 0.410 e. The Balaban J connectivity index is 1.42. The van der Waals surface area contributed by atoms with Crippen LogP contribution in [0.2, 0.25) is 0 Å². The minimum absolute atomic E-state index is 0.0359. The number of nitrogens with zero attached hydrogens (tertiary/aromatic N) is 3. The number of carboxylic acid groups (broad SMARTS) is 1. The molecule has 1 aliphatic heterocycles. The lowest BCUT2D eigenvalue weighted by Gasteiger charge is -2.38. The molecule has 0 radical (unpaired) electrons. The number of sulfonamides is 1. The second-order valence-corrected chi connectivity index (χ2v) is 13.7. The van der Waals surface area contributed by atoms with Crippen LogP contribution in [0.3, 0.4) is 0 Å². The third-order valence-corrected chi connectivity index (χ3v) is 9.38. The molecule has 5 rings (SSSR count). The van der Waals surface area contributed by atoms with Crippen molar-refractivity contribution in [3.8, 4) is 0 Å². The molecule has 3 heterocycles. The Morgan fingerprint density at radius 2 is 1.75 bits per heavy atom. The molecule has 0 saturated carbocycles. The molecule has 2 aromatic heterocycles. The monoisotopic (exact) mass is 623 g/mol. The normalized spacial score (nSPS) is 14.4. The van der Waals surface area contributed by atoms with E-state index in [1.165, 1.54) is 22.5 Å². The lowest BCUT2D eigenvalue weighted by molar-refractivity contribution is 0.0240. The van der Waals surface area contributed by atoms with E-state index >= 15 is 0 Å². The molecule has 1 aliphatic rings. The number of benzene rings is 2. The van der Waals surface area contributed by atoms with Crippen LogP contribution in [0, 0.1) is 6.92 Å². The zero-order chi connectivity index (χ0) is 31.6. The molecule has 44 heavy (non-hydrogen) atoms. The highest BCUT2D eigenvalue weighted by Gasteiger charge is 2.30. The minimum atomic E-state index is -4.04. The molecule has 1 fully saturated rings. The largest absolute Gasteiger partial charge is 0.475 e. The number of carboxylic acids is 1. The Morgan fingerprint density at radius 1 is 1.02 bits per heavy atom. The van der Waals surface area contributed by atoms with Crippen molar-refractivity contribution in [2.45, 2.75) is 51.2 Å². The van der Waals surface area contributed by atoms with Crippen LogP contribution in [0.15, 0.2) is 74.6 Å². The Bertz CT molecular complexity index is 1750. The van der Waals surface area contributed by atoms with E-state index in [1.54, 1.807) is 30.2 Å². The summed E-state index contributed by atoms with van der Waals surface area (Å²) in [6.07, 6.45) is 1.57. The van der Waals surface area contributed by atoms with E-state index < -0.39 is 21.6 Å². The first-order chi connectivity index (χ1) is 20.8. The minimum Gasteiger partial charge on any atom is -0.475 e. The van der Waals surface area contributed by atoms with Gasteiger partial charge in [-0.2, -0.15) is 4.31 Å². The van der Waals surface area contributed by atoms with Gasteiger partial charge in [0, 0.05) is 62.3 Å². The van der Waals surface area contributed by atoms with E-state index in [0.29, 0.717) is 54.9 Å². The number of rotatable bonds is 9. The molecule has 234 valence electrons. The van der Waals surface area contributed by atoms with Gasteiger partial charge < -0.3 is 28.5 Å². The van der Waals surface area contributed by atoms with Gasteiger partial charge >= 0.3 is 12.1 Å². The fourth-order valence-corrected chi connectivity index (χ4v) is 6.73. The summed E-state index contributed by atoms with van der Waals surface area (Å²) in [7, 11) is -4.04. The van der Waals surface area contributed by atoms with Gasteiger partial charge in [0.2, 0.25) is 15.8 Å². The maximum atomic E-state index is 14.2. The number of carbonyl (C=O) groups is 2. The molecular formula is C32H37N3O8S. The van der Waals surface area contributed by atoms with Crippen molar-refractivity contribution in [3.63, 3.8) is 0 Å². The third kappa shape index (κ3) is 6.76. The van der Waals surface area contributed by atoms with E-state index in [4.69, 9.17) is 13.6 Å². The summed E-state index contributed by atoms with van der Waals surface area (Å²) >= 11 is 0. The summed E-state index contributed by atoms with van der Waals surface area (Å²) in [5.41, 5.74) is 1.79. The predicted molar refractivity (Wildman–Crippen MR) is 164 cm³/mol. The number of anilines is 1. The number of hydrogen-bond acceptors (Lipinski definition) is 8. The predicted octanol–water partition coefficient (Wildman–Crippen LogP) is 5.52. The summed E-state index contributed by atoms with van der Waals surface area (Å²) in [5, 5.41) is 9.90. The van der Waals surface area contributed by atoms with Crippen LogP contribution in [0.1, 0.15) is 48.2 Å². The molecule has 0 atom stereocenters. The molecular weight excluding hydrogens is 586 g/mol. The van der Waals surface area contributed by atoms with Crippen molar-refractivity contribution in [1.82, 2.24) is 9.21 Å². The van der Waals surface area contributed by atoms with Gasteiger partial charge in [0.1, 0.15) is 16.9 Å². The summed E-state index contributed by atoms with van der Waals surface area (Å²) in [5.74, 6) is -0.777. The van der Waals surface area contributed by atoms with Crippen molar-refractivity contribution in [1.29, 1.82) is 0 Å². The molecule has 2 aromatic carbocycles. The average molecular weight is 624 g/mol. The van der Waals surface area contributed by atoms with Crippen LogP contribution in [0.25, 0.3) is 11.0 Å². The standard InChI is InChI=1S/C32H37N3O8S/c1-22-26-20-25(11-12-28(26)42-29(22)30(36)37)44(39,40)35(14-13-24-9-7-19-41-24)21-23-8-5-6-10-27(23)33-15-17-34(18-16-33)31(38)43-32(2,3)4/h5-12,19-20H,13-18,21H2,1-4H3,(H,36,37). The Hall–Kier alpha value is -4.29. The third-order valence-electron chi connectivity index (χ3n) is 7.54. The van der Waals surface area contributed by atoms with Crippen LogP contribution >= 0.6 is 0 Å². The first kappa shape index (κ1) is 31.1. The highest BCUT2D eigenvalue weighted by molar-refractivity contribution is 7.89. The van der Waals surface area contributed by atoms with Gasteiger partial charge in [0.05, 0.1) is 11.2 Å². The number of carbonyl (C=O) groups excluding carboxylic acids is 1. The van der Waals surface area contributed by atoms with Gasteiger partial charge in [-0.15, -0.1) is 0 Å². The van der Waals surface area contributed by atoms with E-state index in [1.807, 2.05) is 45.0 Å². The zero-order valence-corrected chi connectivity index (χ0v) is 26.1. The van der Waals surface area contributed by atoms with Crippen LogP contribution < -0.4 is 4.90 Å². The van der Waals surface area contributed by atoms with Gasteiger partial charge in [-0.3, -0.25) is 0 Å². The number of amides is 1. The van der Waals surface area contributed by atoms with Crippen LogP contribution in [-0.4, -0.2) is 73.1 Å². The highest BCUT2D eigenvalue weighted by Crippen LogP contribution is 2.31. The van der Waals surface area contributed by atoms with Crippen LogP contribution in [-0.2, 0) is 27.7 Å². The first-order valence-electron chi connectivity index (χ1n) is 14.4. The number of para-hydroxylation sites is 1. The van der Waals surface area contributed by atoms with Gasteiger partial charge in [0.25, 0.3) is 0 Å². The molecule has 1 saturated heterocycles. The topological polar surface area (TPSA) is 134 Å². The molecule has 0 aliphatic carbocycles. The number of piperazine rings is 1. The summed E-state index contributed by atoms with van der Waals surface area (Å²) < 4.78 is 46.3. The number of furan rings is 2. The zero-order valence-electron chi connectivity index (χ0n) is 25.3. The average Bonchev–Trinajstić information content (AvgIpc) is 3.62. The molecule has 0 bridgehead atoms. The van der Waals surface area contributed by atoms with Crippen molar-refractivity contribution < 1.29 is 36.7 Å². The van der Waals surface area contributed by atoms with Crippen LogP contribution in [0.5, 0.6) is 0 Å². The SMILES string of the molecule is Cc1c(C(=O)O)oc2ccc(S(=O)(=O)N(CCc3ccco3)Cc3ccccc3N3CCN(C(=O)OC(C)(C)C)CC3)cc12. The number of fused-ring (bicyclic) bond motifs is 1. The van der Waals surface area contributed by atoms with Crippen molar-refractivity contribution in [3.05, 3.63) is 83.5 Å². The molecule has 1 N–H and O–H groups in total. The number of aryl methyl sites for hydroxylation is 1. The van der Waals surface area contributed by atoms with E-state index in [-0.39, 0.29) is 29.8 Å². The second kappa shape index (κ2) is 12.4. The molecule has 0 spiro atoms. The summed E-state index contributed by atoms with van der Waals surface area (Å²) in [6, 6.07) is 15.6. The maximum absolute atomic E-state index is 14.2. The lowest BCUT2D eigenvalue weighted by atomic mass is 10.1. The van der Waals surface area contributed by atoms with E-state index in [9.17, 15) is 23.1 Å². The molecule has 12 heteroatoms. The smallest absolute Gasteiger partial charge is 0.410 e. The Labute approximate surface area is 256 Å². The highest BCUT2D eigenvalue weighted by atomic mass is 32.2. The molecule has 11 nitrogen and oxygen atoms in total. The second-order valence-electron chi connectivity index (χ2n) is 11.8. The lowest BCUT2D eigenvalue weighted by Crippen LogP contribution is -2.50. The molecule has 0 unspecified atom stereocenters. The fourth-order valence-electron chi connectivity index (χ4n) is 5.29. The fraction of sp³-hybridized carbons (Fsp3) is 0.375. The van der Waals surface area contributed by atoms with Gasteiger partial charge in [-0.1, -0.05) is 18.2 Å². The first-order valence-corrected chi connectivity index (χ1v) is 15.9. The quantitative estimate of drug-likeness (QED) is 0.256. The number of aromatic carboxylic acids is 1. The van der Waals surface area contributed by atoms with Gasteiger partial charge in [0.15, 0.2) is 0 Å². The van der Waals surface area contributed by atoms with Gasteiger partial charge in [-0.25, -0.2) is 18.0 Å². The number of ether oxygens (including phenoxy) is 1. The summed E-state index contributed by atoms with van der Waals surface area (Å²) in [6.45, 7) is 9.45. The number of hydrogen-bond donors (Lipinski definition) is 1. The van der Waals surface area contributed by atoms with E-state index in [0.717, 1.165) is 11.3 Å². The van der Waals surface area contributed by atoms with Crippen molar-refractivity contribution in [2.24, 2.45) is 0 Å². The summed E-state index contributed by atoms with van der Waals surface area (Å²) in [4.78, 5) is 28.1. The van der Waals surface area contributed by atoms with Crippen molar-refractivity contribution in [2.75, 3.05) is 37.6 Å². The Kier molecular flexibility index (Phi) is 8.76. The molecule has 4 aromatic rings. The Morgan fingerprint density at radius 3 is 2.41 bits per heavy atom. The van der Waals surface area contributed by atoms with Crippen molar-refractivity contribution >= 4 is 38.7 Å². The van der Waals surface area contributed by atoms with Crippen LogP contribution in [0.4, 0.5) is 10.5 Å². The molecule has 1 amide bonds. The van der Waals surface area contributed by atoms with Gasteiger partial charge in [-0.05, 0) is 69.7 Å². The van der Waals surface area contributed by atoms with E-state index in [2.05, 4.69) is 4.90 Å².